The standard InChI is InChI=1S/C23H26N2O4/c1-16(14-22(26)27)24-10-12-25(13-11-24)23(28)29-15-21-19-8-4-2-6-17(19)18-7-3-5-9-20(18)21/h2-9,16,21H,10-15H2,1H3,(H,26,27). The van der Waals surface area contributed by atoms with Crippen molar-refractivity contribution in [1.82, 2.24) is 9.80 Å². The normalized spacial score (nSPS) is 17.5. The highest BCUT2D eigenvalue weighted by atomic mass is 16.6. The molecule has 1 amide bonds. The third-order valence-corrected chi connectivity index (χ3v) is 6.00. The van der Waals surface area contributed by atoms with E-state index in [9.17, 15) is 9.59 Å². The predicted octanol–water partition coefficient (Wildman–Crippen LogP) is 3.42. The van der Waals surface area contributed by atoms with E-state index in [1.165, 1.54) is 22.3 Å². The molecule has 0 aromatic heterocycles. The number of fused-ring (bicyclic) bond motifs is 3. The van der Waals surface area contributed by atoms with Gasteiger partial charge in [0.2, 0.25) is 0 Å². The molecule has 2 aromatic rings. The Morgan fingerprint density at radius 3 is 2.10 bits per heavy atom. The van der Waals surface area contributed by atoms with Crippen LogP contribution in [0.15, 0.2) is 48.5 Å². The van der Waals surface area contributed by atoms with E-state index in [4.69, 9.17) is 9.84 Å². The number of hydrogen-bond acceptors (Lipinski definition) is 4. The highest BCUT2D eigenvalue weighted by molar-refractivity contribution is 5.79. The van der Waals surface area contributed by atoms with E-state index in [0.717, 1.165) is 0 Å². The lowest BCUT2D eigenvalue weighted by molar-refractivity contribution is -0.138. The molecule has 1 fully saturated rings. The van der Waals surface area contributed by atoms with E-state index < -0.39 is 5.97 Å². The van der Waals surface area contributed by atoms with Crippen molar-refractivity contribution in [3.63, 3.8) is 0 Å². The van der Waals surface area contributed by atoms with Crippen LogP contribution in [0.1, 0.15) is 30.4 Å². The van der Waals surface area contributed by atoms with Gasteiger partial charge in [-0.3, -0.25) is 9.69 Å². The summed E-state index contributed by atoms with van der Waals surface area (Å²) in [5.41, 5.74) is 4.83. The predicted molar refractivity (Wildman–Crippen MR) is 110 cm³/mol. The van der Waals surface area contributed by atoms with Crippen LogP contribution in [0.2, 0.25) is 0 Å². The van der Waals surface area contributed by atoms with Gasteiger partial charge >= 0.3 is 12.1 Å². The number of carboxylic acids is 1. The molecular weight excluding hydrogens is 368 g/mol. The zero-order valence-electron chi connectivity index (χ0n) is 16.6. The number of hydrogen-bond donors (Lipinski definition) is 1. The summed E-state index contributed by atoms with van der Waals surface area (Å²) >= 11 is 0. The largest absolute Gasteiger partial charge is 0.481 e. The number of benzene rings is 2. The van der Waals surface area contributed by atoms with Gasteiger partial charge in [0.1, 0.15) is 6.61 Å². The molecule has 0 radical (unpaired) electrons. The number of rotatable bonds is 5. The maximum atomic E-state index is 12.6. The fraction of sp³-hybridized carbons (Fsp3) is 0.391. The third kappa shape index (κ3) is 3.98. The van der Waals surface area contributed by atoms with Gasteiger partial charge in [0.25, 0.3) is 0 Å². The Morgan fingerprint density at radius 1 is 1.00 bits per heavy atom. The van der Waals surface area contributed by atoms with E-state index in [1.54, 1.807) is 4.90 Å². The van der Waals surface area contributed by atoms with Crippen molar-refractivity contribution in [2.45, 2.75) is 25.3 Å². The molecule has 1 atom stereocenters. The summed E-state index contributed by atoms with van der Waals surface area (Å²) in [4.78, 5) is 27.4. The van der Waals surface area contributed by atoms with Crippen LogP contribution >= 0.6 is 0 Å². The van der Waals surface area contributed by atoms with Crippen molar-refractivity contribution in [2.24, 2.45) is 0 Å². The Kier molecular flexibility index (Phi) is 5.53. The van der Waals surface area contributed by atoms with Gasteiger partial charge in [-0.15, -0.1) is 0 Å². The van der Waals surface area contributed by atoms with Crippen LogP contribution in [0.3, 0.4) is 0 Å². The average molecular weight is 394 g/mol. The van der Waals surface area contributed by atoms with Gasteiger partial charge in [-0.25, -0.2) is 4.79 Å². The van der Waals surface area contributed by atoms with E-state index >= 15 is 0 Å². The molecule has 0 saturated carbocycles. The summed E-state index contributed by atoms with van der Waals surface area (Å²) in [6.07, 6.45) is -0.178. The molecule has 0 spiro atoms. The van der Waals surface area contributed by atoms with Crippen LogP contribution < -0.4 is 0 Å². The summed E-state index contributed by atoms with van der Waals surface area (Å²) in [6, 6.07) is 16.5. The molecule has 1 heterocycles. The molecule has 1 aliphatic heterocycles. The average Bonchev–Trinajstić information content (AvgIpc) is 3.05. The van der Waals surface area contributed by atoms with Crippen molar-refractivity contribution in [3.05, 3.63) is 59.7 Å². The Labute approximate surface area is 170 Å². The first-order chi connectivity index (χ1) is 14.0. The van der Waals surface area contributed by atoms with Crippen molar-refractivity contribution in [3.8, 4) is 11.1 Å². The van der Waals surface area contributed by atoms with Crippen molar-refractivity contribution in [2.75, 3.05) is 32.8 Å². The quantitative estimate of drug-likeness (QED) is 0.842. The summed E-state index contributed by atoms with van der Waals surface area (Å²) in [7, 11) is 0. The minimum Gasteiger partial charge on any atom is -0.481 e. The highest BCUT2D eigenvalue weighted by Gasteiger charge is 2.31. The van der Waals surface area contributed by atoms with Gasteiger partial charge in [-0.1, -0.05) is 48.5 Å². The number of carbonyl (C=O) groups excluding carboxylic acids is 1. The monoisotopic (exact) mass is 394 g/mol. The van der Waals surface area contributed by atoms with Gasteiger partial charge in [-0.2, -0.15) is 0 Å². The molecule has 2 aromatic carbocycles. The third-order valence-electron chi connectivity index (χ3n) is 6.00. The Hall–Kier alpha value is -2.86. The number of piperazine rings is 1. The van der Waals surface area contributed by atoms with E-state index in [1.807, 2.05) is 31.2 Å². The van der Waals surface area contributed by atoms with Gasteiger partial charge in [0.05, 0.1) is 6.42 Å². The summed E-state index contributed by atoms with van der Waals surface area (Å²) in [5.74, 6) is -0.736. The van der Waals surface area contributed by atoms with Gasteiger partial charge in [0.15, 0.2) is 0 Å². The number of amides is 1. The molecule has 6 nitrogen and oxygen atoms in total. The lowest BCUT2D eigenvalue weighted by atomic mass is 9.98. The summed E-state index contributed by atoms with van der Waals surface area (Å²) in [5, 5.41) is 8.96. The SMILES string of the molecule is CC(CC(=O)O)N1CCN(C(=O)OCC2c3ccccc3-c3ccccc32)CC1. The van der Waals surface area contributed by atoms with Crippen LogP contribution in [0.25, 0.3) is 11.1 Å². The van der Waals surface area contributed by atoms with Crippen molar-refractivity contribution < 1.29 is 19.4 Å². The lowest BCUT2D eigenvalue weighted by Crippen LogP contribution is -2.51. The van der Waals surface area contributed by atoms with Gasteiger partial charge < -0.3 is 14.7 Å². The minimum absolute atomic E-state index is 0.0304. The molecule has 1 N–H and O–H groups in total. The van der Waals surface area contributed by atoms with Crippen LogP contribution in [0.5, 0.6) is 0 Å². The number of ether oxygens (including phenoxy) is 1. The lowest BCUT2D eigenvalue weighted by Gasteiger charge is -2.37. The fourth-order valence-electron chi connectivity index (χ4n) is 4.41. The Morgan fingerprint density at radius 2 is 1.55 bits per heavy atom. The molecule has 1 saturated heterocycles. The van der Waals surface area contributed by atoms with Crippen LogP contribution in [0.4, 0.5) is 4.79 Å². The topological polar surface area (TPSA) is 70.1 Å². The molecule has 4 rings (SSSR count). The zero-order chi connectivity index (χ0) is 20.4. The molecule has 1 unspecified atom stereocenters. The number of carbonyl (C=O) groups is 2. The summed E-state index contributed by atoms with van der Waals surface area (Å²) in [6.45, 7) is 4.68. The molecule has 0 bridgehead atoms. The second-order valence-corrected chi connectivity index (χ2v) is 7.77. The maximum Gasteiger partial charge on any atom is 0.409 e. The maximum absolute atomic E-state index is 12.6. The van der Waals surface area contributed by atoms with Gasteiger partial charge in [0, 0.05) is 38.1 Å². The second-order valence-electron chi connectivity index (χ2n) is 7.77. The first-order valence-corrected chi connectivity index (χ1v) is 10.1. The fourth-order valence-corrected chi connectivity index (χ4v) is 4.41. The molecular formula is C23H26N2O4. The molecule has 29 heavy (non-hydrogen) atoms. The number of nitrogens with zero attached hydrogens (tertiary/aromatic N) is 2. The number of aliphatic carboxylic acids is 1. The van der Waals surface area contributed by atoms with Gasteiger partial charge in [-0.05, 0) is 29.2 Å². The van der Waals surface area contributed by atoms with Crippen LogP contribution in [0, 0.1) is 0 Å². The van der Waals surface area contributed by atoms with E-state index in [-0.39, 0.29) is 24.5 Å². The molecule has 1 aliphatic carbocycles. The van der Waals surface area contributed by atoms with Crippen LogP contribution in [-0.2, 0) is 9.53 Å². The summed E-state index contributed by atoms with van der Waals surface area (Å²) < 4.78 is 5.71. The second kappa shape index (κ2) is 8.25. The first kappa shape index (κ1) is 19.5. The minimum atomic E-state index is -0.795. The van der Waals surface area contributed by atoms with E-state index in [0.29, 0.717) is 32.8 Å². The van der Waals surface area contributed by atoms with Crippen LogP contribution in [-0.4, -0.2) is 65.8 Å². The highest BCUT2D eigenvalue weighted by Crippen LogP contribution is 2.44. The smallest absolute Gasteiger partial charge is 0.409 e. The van der Waals surface area contributed by atoms with Crippen molar-refractivity contribution in [1.29, 1.82) is 0 Å². The number of carboxylic acid groups (broad SMARTS) is 1. The van der Waals surface area contributed by atoms with E-state index in [2.05, 4.69) is 29.2 Å². The molecule has 2 aliphatic rings. The Bertz CT molecular complexity index is 860. The molecule has 152 valence electrons. The van der Waals surface area contributed by atoms with Crippen molar-refractivity contribution >= 4 is 12.1 Å². The zero-order valence-corrected chi connectivity index (χ0v) is 16.6. The first-order valence-electron chi connectivity index (χ1n) is 10.1. The molecule has 6 heteroatoms. The Balaban J connectivity index is 1.36.